The molecule has 1 amide bonds. The highest BCUT2D eigenvalue weighted by Gasteiger charge is 2.34. The highest BCUT2D eigenvalue weighted by atomic mass is 19.1. The Kier molecular flexibility index (Phi) is 4.07. The molecule has 5 nitrogen and oxygen atoms in total. The molecular formula is C17H21FN4O. The van der Waals surface area contributed by atoms with Crippen molar-refractivity contribution in [3.8, 4) is 0 Å². The van der Waals surface area contributed by atoms with E-state index in [2.05, 4.69) is 4.98 Å². The fourth-order valence-corrected chi connectivity index (χ4v) is 2.62. The van der Waals surface area contributed by atoms with E-state index in [1.165, 1.54) is 6.07 Å². The van der Waals surface area contributed by atoms with Crippen LogP contribution in [-0.4, -0.2) is 40.5 Å². The van der Waals surface area contributed by atoms with Gasteiger partial charge in [-0.1, -0.05) is 0 Å². The average molecular weight is 316 g/mol. The molecule has 0 spiro atoms. The molecule has 3 rings (SSSR count). The summed E-state index contributed by atoms with van der Waals surface area (Å²) in [5.74, 6) is 0.309. The minimum Gasteiger partial charge on any atom is -0.375 e. The topological polar surface area (TPSA) is 41.4 Å². The predicted molar refractivity (Wildman–Crippen MR) is 86.8 cm³/mol. The largest absolute Gasteiger partial charge is 0.375 e. The zero-order valence-corrected chi connectivity index (χ0v) is 13.7. The maximum Gasteiger partial charge on any atom is 0.254 e. The Morgan fingerprint density at radius 3 is 2.65 bits per heavy atom. The number of anilines is 1. The third-order valence-electron chi connectivity index (χ3n) is 4.16. The quantitative estimate of drug-likeness (QED) is 0.851. The molecule has 0 radical (unpaired) electrons. The van der Waals surface area contributed by atoms with Gasteiger partial charge in [0.05, 0.1) is 12.2 Å². The summed E-state index contributed by atoms with van der Waals surface area (Å²) >= 11 is 0. The lowest BCUT2D eigenvalue weighted by Gasteiger charge is -2.23. The SMILES string of the molecule is CN(C)c1ccc(C(=O)N(Cc2nccn2C)C2CC2)cc1F. The fourth-order valence-electron chi connectivity index (χ4n) is 2.62. The molecule has 1 saturated carbocycles. The minimum atomic E-state index is -0.381. The first-order valence-corrected chi connectivity index (χ1v) is 7.71. The van der Waals surface area contributed by atoms with Crippen molar-refractivity contribution < 1.29 is 9.18 Å². The number of halogens is 1. The smallest absolute Gasteiger partial charge is 0.254 e. The molecule has 1 aromatic heterocycles. The molecule has 6 heteroatoms. The van der Waals surface area contributed by atoms with Crippen LogP contribution >= 0.6 is 0 Å². The van der Waals surface area contributed by atoms with Gasteiger partial charge in [-0.3, -0.25) is 4.79 Å². The number of carbonyl (C=O) groups is 1. The maximum atomic E-state index is 14.2. The minimum absolute atomic E-state index is 0.139. The van der Waals surface area contributed by atoms with Crippen molar-refractivity contribution in [3.05, 3.63) is 47.8 Å². The standard InChI is InChI=1S/C17H21FN4O/c1-20(2)15-7-4-12(10-14(15)18)17(23)22(13-5-6-13)11-16-19-8-9-21(16)3/h4,7-10,13H,5-6,11H2,1-3H3. The molecule has 1 fully saturated rings. The van der Waals surface area contributed by atoms with Crippen LogP contribution in [0.3, 0.4) is 0 Å². The monoisotopic (exact) mass is 316 g/mol. The van der Waals surface area contributed by atoms with Crippen LogP contribution in [-0.2, 0) is 13.6 Å². The summed E-state index contributed by atoms with van der Waals surface area (Å²) in [6, 6.07) is 4.89. The first kappa shape index (κ1) is 15.5. The van der Waals surface area contributed by atoms with Crippen LogP contribution < -0.4 is 4.90 Å². The Balaban J connectivity index is 1.84. The molecule has 122 valence electrons. The number of imidazole rings is 1. The van der Waals surface area contributed by atoms with Crippen LogP contribution in [0.4, 0.5) is 10.1 Å². The lowest BCUT2D eigenvalue weighted by atomic mass is 10.1. The van der Waals surface area contributed by atoms with E-state index in [1.54, 1.807) is 42.2 Å². The number of aromatic nitrogens is 2. The number of rotatable bonds is 5. The fraction of sp³-hybridized carbons (Fsp3) is 0.412. The number of hydrogen-bond acceptors (Lipinski definition) is 3. The van der Waals surface area contributed by atoms with Crippen LogP contribution in [0.2, 0.25) is 0 Å². The number of amides is 1. The Morgan fingerprint density at radius 1 is 1.39 bits per heavy atom. The number of aryl methyl sites for hydroxylation is 1. The van der Waals surface area contributed by atoms with Crippen molar-refractivity contribution in [2.75, 3.05) is 19.0 Å². The summed E-state index contributed by atoms with van der Waals surface area (Å²) in [6.07, 6.45) is 5.57. The second-order valence-electron chi connectivity index (χ2n) is 6.18. The van der Waals surface area contributed by atoms with Crippen LogP contribution in [0.25, 0.3) is 0 Å². The summed E-state index contributed by atoms with van der Waals surface area (Å²) < 4.78 is 16.1. The molecule has 1 heterocycles. The van der Waals surface area contributed by atoms with E-state index in [0.29, 0.717) is 17.8 Å². The lowest BCUT2D eigenvalue weighted by molar-refractivity contribution is 0.0723. The van der Waals surface area contributed by atoms with Gasteiger partial charge in [-0.2, -0.15) is 0 Å². The van der Waals surface area contributed by atoms with Gasteiger partial charge in [0.25, 0.3) is 5.91 Å². The van der Waals surface area contributed by atoms with E-state index in [1.807, 2.05) is 17.8 Å². The summed E-state index contributed by atoms with van der Waals surface area (Å²) in [4.78, 5) is 20.6. The van der Waals surface area contributed by atoms with E-state index < -0.39 is 0 Å². The number of carbonyl (C=O) groups excluding carboxylic acids is 1. The summed E-state index contributed by atoms with van der Waals surface area (Å²) in [7, 11) is 5.46. The van der Waals surface area contributed by atoms with Crippen molar-refractivity contribution in [1.82, 2.24) is 14.5 Å². The first-order valence-electron chi connectivity index (χ1n) is 7.71. The molecule has 0 N–H and O–H groups in total. The Hall–Kier alpha value is -2.37. The van der Waals surface area contributed by atoms with E-state index in [9.17, 15) is 9.18 Å². The molecule has 1 aromatic carbocycles. The second-order valence-corrected chi connectivity index (χ2v) is 6.18. The van der Waals surface area contributed by atoms with Crippen LogP contribution in [0, 0.1) is 5.82 Å². The molecule has 0 aliphatic heterocycles. The van der Waals surface area contributed by atoms with Crippen LogP contribution in [0.5, 0.6) is 0 Å². The Labute approximate surface area is 135 Å². The zero-order chi connectivity index (χ0) is 16.6. The first-order chi connectivity index (χ1) is 11.0. The Bertz CT molecular complexity index is 721. The molecule has 0 saturated heterocycles. The van der Waals surface area contributed by atoms with E-state index >= 15 is 0 Å². The highest BCUT2D eigenvalue weighted by Crippen LogP contribution is 2.30. The van der Waals surface area contributed by atoms with Gasteiger partial charge in [0.15, 0.2) is 0 Å². The highest BCUT2D eigenvalue weighted by molar-refractivity contribution is 5.95. The second kappa shape index (κ2) is 6.02. The molecule has 1 aliphatic rings. The van der Waals surface area contributed by atoms with Gasteiger partial charge in [-0.15, -0.1) is 0 Å². The van der Waals surface area contributed by atoms with Gasteiger partial charge in [0, 0.05) is 45.1 Å². The summed E-state index contributed by atoms with van der Waals surface area (Å²) in [6.45, 7) is 0.448. The summed E-state index contributed by atoms with van der Waals surface area (Å²) in [5, 5.41) is 0. The number of hydrogen-bond donors (Lipinski definition) is 0. The number of nitrogens with zero attached hydrogens (tertiary/aromatic N) is 4. The van der Waals surface area contributed by atoms with Crippen molar-refractivity contribution >= 4 is 11.6 Å². The molecular weight excluding hydrogens is 295 g/mol. The zero-order valence-electron chi connectivity index (χ0n) is 13.7. The van der Waals surface area contributed by atoms with Crippen LogP contribution in [0.1, 0.15) is 29.0 Å². The summed E-state index contributed by atoms with van der Waals surface area (Å²) in [5.41, 5.74) is 0.859. The van der Waals surface area contributed by atoms with Crippen molar-refractivity contribution in [2.45, 2.75) is 25.4 Å². The van der Waals surface area contributed by atoms with Gasteiger partial charge < -0.3 is 14.4 Å². The van der Waals surface area contributed by atoms with Gasteiger partial charge in [0.1, 0.15) is 11.6 Å². The maximum absolute atomic E-state index is 14.2. The van der Waals surface area contributed by atoms with Gasteiger partial charge in [-0.05, 0) is 31.0 Å². The number of benzene rings is 1. The lowest BCUT2D eigenvalue weighted by Crippen LogP contribution is -2.33. The van der Waals surface area contributed by atoms with Gasteiger partial charge in [0.2, 0.25) is 0 Å². The van der Waals surface area contributed by atoms with E-state index in [4.69, 9.17) is 0 Å². The Morgan fingerprint density at radius 2 is 2.13 bits per heavy atom. The van der Waals surface area contributed by atoms with E-state index in [-0.39, 0.29) is 17.8 Å². The van der Waals surface area contributed by atoms with Crippen molar-refractivity contribution in [3.63, 3.8) is 0 Å². The average Bonchev–Trinajstić information content (AvgIpc) is 3.27. The molecule has 23 heavy (non-hydrogen) atoms. The van der Waals surface area contributed by atoms with Gasteiger partial charge >= 0.3 is 0 Å². The molecule has 2 aromatic rings. The molecule has 1 aliphatic carbocycles. The third-order valence-corrected chi connectivity index (χ3v) is 4.16. The molecule has 0 atom stereocenters. The van der Waals surface area contributed by atoms with E-state index in [0.717, 1.165) is 18.7 Å². The predicted octanol–water partition coefficient (Wildman–Crippen LogP) is 2.43. The van der Waals surface area contributed by atoms with Crippen molar-refractivity contribution in [1.29, 1.82) is 0 Å². The van der Waals surface area contributed by atoms with Crippen LogP contribution in [0.15, 0.2) is 30.6 Å². The molecule has 0 bridgehead atoms. The van der Waals surface area contributed by atoms with Gasteiger partial charge in [-0.25, -0.2) is 9.37 Å². The normalized spacial score (nSPS) is 13.9. The molecule has 0 unspecified atom stereocenters. The van der Waals surface area contributed by atoms with Crippen molar-refractivity contribution in [2.24, 2.45) is 7.05 Å². The third kappa shape index (κ3) is 3.21.